The molecule has 2 atom stereocenters. The molecule has 0 heterocycles. The zero-order valence-corrected chi connectivity index (χ0v) is 32.1. The van der Waals surface area contributed by atoms with Crippen LogP contribution in [0.4, 0.5) is 0 Å². The number of unbranched alkanes of at least 4 members (excludes halogenated alkanes) is 9. The second kappa shape index (κ2) is 32.4. The van der Waals surface area contributed by atoms with Crippen molar-refractivity contribution in [3.63, 3.8) is 0 Å². The maximum Gasteiger partial charge on any atom is 0.306 e. The van der Waals surface area contributed by atoms with Gasteiger partial charge in [-0.3, -0.25) is 9.36 Å². The van der Waals surface area contributed by atoms with Crippen LogP contribution in [0, 0.1) is 0 Å². The number of esters is 1. The quantitative estimate of drug-likeness (QED) is 0.0222. The molecule has 0 spiro atoms. The van der Waals surface area contributed by atoms with Crippen LogP contribution in [0.2, 0.25) is 0 Å². The van der Waals surface area contributed by atoms with Crippen LogP contribution in [-0.4, -0.2) is 70.7 Å². The number of carbonyl (C=O) groups excluding carboxylic acids is 1. The van der Waals surface area contributed by atoms with Crippen LogP contribution in [0.5, 0.6) is 0 Å². The molecule has 48 heavy (non-hydrogen) atoms. The summed E-state index contributed by atoms with van der Waals surface area (Å²) in [5, 5.41) is 0. The van der Waals surface area contributed by atoms with E-state index in [1.165, 1.54) is 6.42 Å². The van der Waals surface area contributed by atoms with E-state index >= 15 is 0 Å². The number of ether oxygens (including phenoxy) is 2. The van der Waals surface area contributed by atoms with Gasteiger partial charge < -0.3 is 27.9 Å². The van der Waals surface area contributed by atoms with E-state index in [9.17, 15) is 14.3 Å². The Hall–Kier alpha value is -1.80. The Kier molecular flexibility index (Phi) is 31.2. The number of allylic oxidation sites excluding steroid dienone is 10. The van der Waals surface area contributed by atoms with Crippen molar-refractivity contribution in [2.24, 2.45) is 0 Å². The fourth-order valence-electron chi connectivity index (χ4n) is 4.42. The topological polar surface area (TPSA) is 94.1 Å². The van der Waals surface area contributed by atoms with Crippen LogP contribution in [0.25, 0.3) is 0 Å². The summed E-state index contributed by atoms with van der Waals surface area (Å²) in [5.41, 5.74) is 0. The number of hydrogen-bond donors (Lipinski definition) is 0. The Morgan fingerprint density at radius 2 is 1.21 bits per heavy atom. The Labute approximate surface area is 294 Å². The molecule has 0 aromatic carbocycles. The molecule has 0 N–H and O–H groups in total. The van der Waals surface area contributed by atoms with Gasteiger partial charge in [-0.2, -0.15) is 0 Å². The molecule has 0 aliphatic rings. The number of quaternary nitrogens is 1. The fraction of sp³-hybridized carbons (Fsp3) is 0.718. The Balaban J connectivity index is 4.39. The third-order valence-corrected chi connectivity index (χ3v) is 8.25. The third-order valence-electron chi connectivity index (χ3n) is 7.28. The molecule has 0 aromatic rings. The predicted molar refractivity (Wildman–Crippen MR) is 199 cm³/mol. The summed E-state index contributed by atoms with van der Waals surface area (Å²) in [6.45, 7) is 5.10. The van der Waals surface area contributed by atoms with Crippen LogP contribution >= 0.6 is 7.82 Å². The summed E-state index contributed by atoms with van der Waals surface area (Å²) in [7, 11) is 1.31. The summed E-state index contributed by atoms with van der Waals surface area (Å²) < 4.78 is 34.3. The molecule has 278 valence electrons. The van der Waals surface area contributed by atoms with Gasteiger partial charge in [-0.25, -0.2) is 0 Å². The van der Waals surface area contributed by atoms with Gasteiger partial charge >= 0.3 is 5.97 Å². The SMILES string of the molecule is CC/C=C\C/C=C\C/C=C\C/C=C\CCCCCOCC(COP(=O)([O-])OCC[N+](C)(C)C)OC(=O)CCCCCCC/C=C\CCC. The van der Waals surface area contributed by atoms with Gasteiger partial charge in [0.1, 0.15) is 19.3 Å². The number of likely N-dealkylation sites (N-methyl/N-ethyl adjacent to an activating group) is 1. The molecule has 0 radical (unpaired) electrons. The highest BCUT2D eigenvalue weighted by Gasteiger charge is 2.20. The largest absolute Gasteiger partial charge is 0.756 e. The lowest BCUT2D eigenvalue weighted by atomic mass is 10.1. The standard InChI is InChI=1S/C39H70NO7P/c1-6-8-10-12-14-16-18-19-20-21-22-23-25-27-29-31-34-44-36-38(37-46-48(42,43)45-35-33-40(3,4)5)47-39(41)32-30-28-26-24-17-15-13-11-9-7-2/h8,10-11,13-14,16,19-20,22-23,38H,6-7,9,12,15,17-18,21,24-37H2,1-5H3/b10-8-,13-11-,16-14-,20-19-,23-22-. The number of hydrogen-bond acceptors (Lipinski definition) is 7. The molecule has 2 unspecified atom stereocenters. The first-order valence-corrected chi connectivity index (χ1v) is 20.0. The van der Waals surface area contributed by atoms with Gasteiger partial charge in [0.05, 0.1) is 34.4 Å². The molecular weight excluding hydrogens is 625 g/mol. The van der Waals surface area contributed by atoms with Gasteiger partial charge in [0.2, 0.25) is 0 Å². The van der Waals surface area contributed by atoms with Gasteiger partial charge in [0, 0.05) is 13.0 Å². The molecule has 0 aliphatic heterocycles. The lowest BCUT2D eigenvalue weighted by Gasteiger charge is -2.28. The van der Waals surface area contributed by atoms with Crippen LogP contribution in [0.3, 0.4) is 0 Å². The van der Waals surface area contributed by atoms with E-state index < -0.39 is 13.9 Å². The van der Waals surface area contributed by atoms with Gasteiger partial charge in [0.25, 0.3) is 7.82 Å². The van der Waals surface area contributed by atoms with Crippen molar-refractivity contribution in [3.05, 3.63) is 60.8 Å². The average molecular weight is 696 g/mol. The number of carbonyl (C=O) groups is 1. The first-order chi connectivity index (χ1) is 23.1. The van der Waals surface area contributed by atoms with Crippen LogP contribution in [0.1, 0.15) is 123 Å². The molecule has 0 aromatic heterocycles. The molecular formula is C39H70NO7P. The maximum atomic E-state index is 12.5. The first-order valence-electron chi connectivity index (χ1n) is 18.5. The van der Waals surface area contributed by atoms with Crippen LogP contribution < -0.4 is 4.89 Å². The molecule has 0 aliphatic carbocycles. The van der Waals surface area contributed by atoms with Gasteiger partial charge in [-0.05, 0) is 70.6 Å². The Morgan fingerprint density at radius 1 is 0.667 bits per heavy atom. The molecule has 0 saturated carbocycles. The van der Waals surface area contributed by atoms with Crippen molar-refractivity contribution in [2.75, 3.05) is 54.1 Å². The number of rotatable bonds is 33. The predicted octanol–water partition coefficient (Wildman–Crippen LogP) is 9.58. The average Bonchev–Trinajstić information content (AvgIpc) is 3.03. The normalized spacial score (nSPS) is 14.7. The van der Waals surface area contributed by atoms with Crippen molar-refractivity contribution >= 4 is 13.8 Å². The first kappa shape index (κ1) is 46.2. The summed E-state index contributed by atoms with van der Waals surface area (Å²) in [4.78, 5) is 24.8. The minimum Gasteiger partial charge on any atom is -0.756 e. The summed E-state index contributed by atoms with van der Waals surface area (Å²) in [6, 6.07) is 0. The van der Waals surface area contributed by atoms with Crippen molar-refractivity contribution < 1.29 is 37.3 Å². The summed E-state index contributed by atoms with van der Waals surface area (Å²) in [5.74, 6) is -0.362. The van der Waals surface area contributed by atoms with Crippen molar-refractivity contribution in [3.8, 4) is 0 Å². The van der Waals surface area contributed by atoms with E-state index in [-0.39, 0.29) is 25.8 Å². The van der Waals surface area contributed by atoms with E-state index in [2.05, 4.69) is 74.6 Å². The second-order valence-corrected chi connectivity index (χ2v) is 14.6. The Bertz CT molecular complexity index is 952. The van der Waals surface area contributed by atoms with E-state index in [1.807, 2.05) is 21.1 Å². The molecule has 0 saturated heterocycles. The third kappa shape index (κ3) is 35.5. The van der Waals surface area contributed by atoms with Crippen LogP contribution in [-0.2, 0) is 27.9 Å². The number of phosphoric acid groups is 1. The highest BCUT2D eigenvalue weighted by molar-refractivity contribution is 7.45. The summed E-state index contributed by atoms with van der Waals surface area (Å²) >= 11 is 0. The van der Waals surface area contributed by atoms with E-state index in [0.717, 1.165) is 96.3 Å². The molecule has 0 bridgehead atoms. The minimum absolute atomic E-state index is 0.0151. The molecule has 9 heteroatoms. The highest BCUT2D eigenvalue weighted by atomic mass is 31.2. The van der Waals surface area contributed by atoms with Gasteiger partial charge in [-0.15, -0.1) is 0 Å². The molecule has 0 rings (SSSR count). The van der Waals surface area contributed by atoms with Gasteiger partial charge in [0.15, 0.2) is 0 Å². The molecule has 8 nitrogen and oxygen atoms in total. The monoisotopic (exact) mass is 695 g/mol. The zero-order valence-electron chi connectivity index (χ0n) is 31.2. The molecule has 0 fully saturated rings. The highest BCUT2D eigenvalue weighted by Crippen LogP contribution is 2.38. The van der Waals surface area contributed by atoms with E-state index in [0.29, 0.717) is 24.1 Å². The number of phosphoric ester groups is 1. The minimum atomic E-state index is -4.53. The van der Waals surface area contributed by atoms with Crippen molar-refractivity contribution in [2.45, 2.75) is 129 Å². The summed E-state index contributed by atoms with van der Waals surface area (Å²) in [6.07, 6.45) is 38.1. The lowest BCUT2D eigenvalue weighted by Crippen LogP contribution is -2.37. The lowest BCUT2D eigenvalue weighted by molar-refractivity contribution is -0.870. The molecule has 0 amide bonds. The van der Waals surface area contributed by atoms with Crippen molar-refractivity contribution in [1.29, 1.82) is 0 Å². The fourth-order valence-corrected chi connectivity index (χ4v) is 5.15. The van der Waals surface area contributed by atoms with Gasteiger partial charge in [-0.1, -0.05) is 107 Å². The zero-order chi connectivity index (χ0) is 35.6. The van der Waals surface area contributed by atoms with Crippen molar-refractivity contribution in [1.82, 2.24) is 0 Å². The van der Waals surface area contributed by atoms with E-state index in [1.54, 1.807) is 0 Å². The Morgan fingerprint density at radius 3 is 1.83 bits per heavy atom. The van der Waals surface area contributed by atoms with Crippen LogP contribution in [0.15, 0.2) is 60.8 Å². The second-order valence-electron chi connectivity index (χ2n) is 13.2. The smallest absolute Gasteiger partial charge is 0.306 e. The maximum absolute atomic E-state index is 12.5. The van der Waals surface area contributed by atoms with E-state index in [4.69, 9.17) is 18.5 Å². The number of nitrogens with zero attached hydrogens (tertiary/aromatic N) is 1.